The fourth-order valence-corrected chi connectivity index (χ4v) is 1.59. The number of rotatable bonds is 4. The summed E-state index contributed by atoms with van der Waals surface area (Å²) >= 11 is 5.87. The number of halogens is 1. The molecule has 0 saturated carbocycles. The van der Waals surface area contributed by atoms with Gasteiger partial charge in [-0.2, -0.15) is 0 Å². The van der Waals surface area contributed by atoms with Crippen LogP contribution in [0, 0.1) is 6.92 Å². The molecule has 4 heteroatoms. The van der Waals surface area contributed by atoms with E-state index >= 15 is 0 Å². The van der Waals surface area contributed by atoms with Gasteiger partial charge in [0.15, 0.2) is 0 Å². The van der Waals surface area contributed by atoms with E-state index in [1.807, 2.05) is 6.92 Å². The van der Waals surface area contributed by atoms with E-state index in [1.54, 1.807) is 12.3 Å². The third-order valence-electron chi connectivity index (χ3n) is 2.14. The average molecular weight is 226 g/mol. The quantitative estimate of drug-likeness (QED) is 0.802. The Kier molecular flexibility index (Phi) is 4.56. The van der Waals surface area contributed by atoms with Crippen molar-refractivity contribution in [1.82, 2.24) is 9.97 Å². The molecule has 2 N–H and O–H groups in total. The van der Waals surface area contributed by atoms with Crippen molar-refractivity contribution < 1.29 is 0 Å². The fourth-order valence-electron chi connectivity index (χ4n) is 1.36. The van der Waals surface area contributed by atoms with Crippen LogP contribution in [0.4, 0.5) is 0 Å². The smallest absolute Gasteiger partial charge is 0.133 e. The first-order valence-electron chi connectivity index (χ1n) is 5.09. The van der Waals surface area contributed by atoms with E-state index in [4.69, 9.17) is 17.3 Å². The summed E-state index contributed by atoms with van der Waals surface area (Å²) in [5.41, 5.74) is 7.45. The number of allylic oxidation sites excluding steroid dienone is 1. The van der Waals surface area contributed by atoms with Gasteiger partial charge in [0.2, 0.25) is 0 Å². The average Bonchev–Trinajstić information content (AvgIpc) is 2.17. The molecule has 0 aromatic carbocycles. The van der Waals surface area contributed by atoms with Crippen molar-refractivity contribution in [2.75, 3.05) is 0 Å². The normalized spacial score (nSPS) is 11.8. The van der Waals surface area contributed by atoms with E-state index in [-0.39, 0.29) is 0 Å². The number of unbranched alkanes of at least 4 members (excludes halogenated alkanes) is 1. The van der Waals surface area contributed by atoms with Crippen LogP contribution in [-0.2, 0) is 0 Å². The van der Waals surface area contributed by atoms with Gasteiger partial charge in [-0.15, -0.1) is 0 Å². The monoisotopic (exact) mass is 225 g/mol. The minimum atomic E-state index is 0.466. The predicted octanol–water partition coefficient (Wildman–Crippen LogP) is 2.93. The molecule has 0 amide bonds. The number of hydrogen-bond donors (Lipinski definition) is 1. The van der Waals surface area contributed by atoms with Crippen LogP contribution in [-0.4, -0.2) is 9.97 Å². The number of aryl methyl sites for hydroxylation is 1. The first-order chi connectivity index (χ1) is 7.17. The van der Waals surface area contributed by atoms with E-state index in [0.29, 0.717) is 11.0 Å². The molecule has 0 atom stereocenters. The maximum atomic E-state index is 5.87. The molecule has 0 aliphatic carbocycles. The molecule has 0 saturated heterocycles. The molecule has 0 radical (unpaired) electrons. The minimum absolute atomic E-state index is 0.466. The van der Waals surface area contributed by atoms with Crippen LogP contribution < -0.4 is 5.73 Å². The van der Waals surface area contributed by atoms with Gasteiger partial charge in [0, 0.05) is 6.07 Å². The van der Waals surface area contributed by atoms with Crippen LogP contribution in [0.2, 0.25) is 5.15 Å². The zero-order valence-corrected chi connectivity index (χ0v) is 9.88. The molecule has 0 spiro atoms. The van der Waals surface area contributed by atoms with Crippen molar-refractivity contribution >= 4 is 17.2 Å². The molecule has 0 fully saturated rings. The highest BCUT2D eigenvalue weighted by molar-refractivity contribution is 6.29. The molecule has 3 nitrogen and oxygen atoms in total. The van der Waals surface area contributed by atoms with Gasteiger partial charge in [-0.25, -0.2) is 9.97 Å². The second-order valence-electron chi connectivity index (χ2n) is 3.42. The van der Waals surface area contributed by atoms with Crippen molar-refractivity contribution in [2.24, 2.45) is 5.73 Å². The maximum Gasteiger partial charge on any atom is 0.133 e. The lowest BCUT2D eigenvalue weighted by atomic mass is 10.1. The molecule has 15 heavy (non-hydrogen) atoms. The molecular formula is C11H16ClN3. The van der Waals surface area contributed by atoms with Crippen LogP contribution in [0.1, 0.15) is 37.7 Å². The third kappa shape index (κ3) is 3.51. The lowest BCUT2D eigenvalue weighted by Crippen LogP contribution is -1.97. The van der Waals surface area contributed by atoms with Crippen molar-refractivity contribution in [2.45, 2.75) is 33.1 Å². The number of nitrogens with two attached hydrogens (primary N) is 1. The predicted molar refractivity (Wildman–Crippen MR) is 63.5 cm³/mol. The van der Waals surface area contributed by atoms with Gasteiger partial charge in [-0.1, -0.05) is 24.9 Å². The van der Waals surface area contributed by atoms with Crippen LogP contribution >= 0.6 is 11.6 Å². The molecule has 1 aromatic heterocycles. The van der Waals surface area contributed by atoms with E-state index < -0.39 is 0 Å². The van der Waals surface area contributed by atoms with Gasteiger partial charge in [0.25, 0.3) is 0 Å². The van der Waals surface area contributed by atoms with Gasteiger partial charge >= 0.3 is 0 Å². The van der Waals surface area contributed by atoms with Crippen LogP contribution in [0.3, 0.4) is 0 Å². The second-order valence-corrected chi connectivity index (χ2v) is 3.81. The summed E-state index contributed by atoms with van der Waals surface area (Å²) in [7, 11) is 0. The Morgan fingerprint density at radius 3 is 2.80 bits per heavy atom. The Balaban J connectivity index is 2.92. The zero-order valence-electron chi connectivity index (χ0n) is 9.13. The fraction of sp³-hybridized carbons (Fsp3) is 0.455. The van der Waals surface area contributed by atoms with Crippen LogP contribution in [0.15, 0.2) is 12.3 Å². The molecule has 1 heterocycles. The van der Waals surface area contributed by atoms with Gasteiger partial charge in [0.1, 0.15) is 11.0 Å². The Morgan fingerprint density at radius 2 is 2.27 bits per heavy atom. The molecule has 1 aromatic rings. The van der Waals surface area contributed by atoms with Gasteiger partial charge < -0.3 is 5.73 Å². The summed E-state index contributed by atoms with van der Waals surface area (Å²) in [6.45, 7) is 3.97. The number of nitrogens with zero attached hydrogens (tertiary/aromatic N) is 2. The summed E-state index contributed by atoms with van der Waals surface area (Å²) in [5.74, 6) is 0.674. The second kappa shape index (κ2) is 5.71. The Labute approximate surface area is 95.4 Å². The van der Waals surface area contributed by atoms with E-state index in [2.05, 4.69) is 16.9 Å². The minimum Gasteiger partial charge on any atom is -0.404 e. The van der Waals surface area contributed by atoms with Crippen molar-refractivity contribution in [3.8, 4) is 0 Å². The summed E-state index contributed by atoms with van der Waals surface area (Å²) < 4.78 is 0. The zero-order chi connectivity index (χ0) is 11.3. The Morgan fingerprint density at radius 1 is 1.53 bits per heavy atom. The van der Waals surface area contributed by atoms with Crippen molar-refractivity contribution in [1.29, 1.82) is 0 Å². The van der Waals surface area contributed by atoms with Crippen LogP contribution in [0.5, 0.6) is 0 Å². The Hall–Kier alpha value is -1.09. The van der Waals surface area contributed by atoms with Crippen molar-refractivity contribution in [3.63, 3.8) is 0 Å². The summed E-state index contributed by atoms with van der Waals surface area (Å²) in [5, 5.41) is 0.466. The maximum absolute atomic E-state index is 5.87. The number of aromatic nitrogens is 2. The Bertz CT molecular complexity index is 341. The molecule has 0 bridgehead atoms. The molecular weight excluding hydrogens is 210 g/mol. The topological polar surface area (TPSA) is 51.8 Å². The highest BCUT2D eigenvalue weighted by atomic mass is 35.5. The first-order valence-corrected chi connectivity index (χ1v) is 5.47. The standard InChI is InChI=1S/C11H16ClN3/c1-3-4-5-9(7-13)10-6-11(12)15-8(2)14-10/h6-7H,3-5,13H2,1-2H3/b9-7+. The highest BCUT2D eigenvalue weighted by Crippen LogP contribution is 2.20. The largest absolute Gasteiger partial charge is 0.404 e. The van der Waals surface area contributed by atoms with Crippen molar-refractivity contribution in [3.05, 3.63) is 28.9 Å². The van der Waals surface area contributed by atoms with Gasteiger partial charge in [0.05, 0.1) is 5.69 Å². The lowest BCUT2D eigenvalue weighted by Gasteiger charge is -2.06. The summed E-state index contributed by atoms with van der Waals surface area (Å²) in [6, 6.07) is 1.75. The summed E-state index contributed by atoms with van der Waals surface area (Å²) in [6.07, 6.45) is 4.77. The number of hydrogen-bond acceptors (Lipinski definition) is 3. The molecule has 82 valence electrons. The van der Waals surface area contributed by atoms with Crippen LogP contribution in [0.25, 0.3) is 5.57 Å². The third-order valence-corrected chi connectivity index (χ3v) is 2.33. The molecule has 0 aliphatic heterocycles. The first kappa shape index (κ1) is 12.0. The van der Waals surface area contributed by atoms with E-state index in [9.17, 15) is 0 Å². The SMILES string of the molecule is CCCC/C(=C\N)c1cc(Cl)nc(C)n1. The molecule has 1 rings (SSSR count). The van der Waals surface area contributed by atoms with E-state index in [0.717, 1.165) is 30.5 Å². The van der Waals surface area contributed by atoms with Gasteiger partial charge in [-0.3, -0.25) is 0 Å². The summed E-state index contributed by atoms with van der Waals surface area (Å²) in [4.78, 5) is 8.33. The highest BCUT2D eigenvalue weighted by Gasteiger charge is 2.05. The van der Waals surface area contributed by atoms with Gasteiger partial charge in [-0.05, 0) is 31.5 Å². The molecule has 0 unspecified atom stereocenters. The lowest BCUT2D eigenvalue weighted by molar-refractivity contribution is 0.819. The van der Waals surface area contributed by atoms with E-state index in [1.165, 1.54) is 0 Å². The molecule has 0 aliphatic rings.